The number of hydrogen-bond donors (Lipinski definition) is 0. The second kappa shape index (κ2) is 8.61. The molecule has 6 rings (SSSR count). The number of nitriles is 1. The van der Waals surface area contributed by atoms with Crippen molar-refractivity contribution in [3.05, 3.63) is 77.5 Å². The lowest BCUT2D eigenvalue weighted by Crippen LogP contribution is -2.65. The van der Waals surface area contributed by atoms with E-state index < -0.39 is 5.82 Å². The van der Waals surface area contributed by atoms with Gasteiger partial charge in [0.25, 0.3) is 11.9 Å². The quantitative estimate of drug-likeness (QED) is 0.437. The molecule has 2 aliphatic heterocycles. The maximum absolute atomic E-state index is 13.8. The summed E-state index contributed by atoms with van der Waals surface area (Å²) >= 11 is 0. The molecule has 9 nitrogen and oxygen atoms in total. The van der Waals surface area contributed by atoms with E-state index in [9.17, 15) is 14.4 Å². The molecule has 0 saturated carbocycles. The number of likely N-dealkylation sites (tertiary alicyclic amines) is 1. The molecule has 2 atom stereocenters. The third-order valence-corrected chi connectivity index (χ3v) is 6.91. The third-order valence-electron chi connectivity index (χ3n) is 6.91. The Morgan fingerprint density at radius 3 is 2.78 bits per heavy atom. The second-order valence-corrected chi connectivity index (χ2v) is 9.16. The fourth-order valence-electron chi connectivity index (χ4n) is 5.04. The molecule has 4 heterocycles. The van der Waals surface area contributed by atoms with Crippen molar-refractivity contribution in [2.24, 2.45) is 5.92 Å². The highest BCUT2D eigenvalue weighted by atomic mass is 19.1. The zero-order valence-corrected chi connectivity index (χ0v) is 19.5. The van der Waals surface area contributed by atoms with Crippen LogP contribution in [0.15, 0.2) is 59.3 Å². The van der Waals surface area contributed by atoms with Gasteiger partial charge in [-0.15, -0.1) is 0 Å². The predicted molar refractivity (Wildman–Crippen MR) is 128 cm³/mol. The summed E-state index contributed by atoms with van der Waals surface area (Å²) in [6.07, 6.45) is 4.02. The number of nitrogens with zero attached hydrogens (tertiary/aromatic N) is 7. The summed E-state index contributed by atoms with van der Waals surface area (Å²) in [6.45, 7) is 3.83. The molecule has 2 aromatic carbocycles. The van der Waals surface area contributed by atoms with Crippen molar-refractivity contribution in [3.8, 4) is 23.1 Å². The molecule has 2 fully saturated rings. The first-order valence-electron chi connectivity index (χ1n) is 11.7. The van der Waals surface area contributed by atoms with Crippen LogP contribution in [0.3, 0.4) is 0 Å². The molecule has 10 heteroatoms. The van der Waals surface area contributed by atoms with Crippen molar-refractivity contribution in [1.29, 1.82) is 5.26 Å². The summed E-state index contributed by atoms with van der Waals surface area (Å²) in [4.78, 5) is 23.3. The zero-order chi connectivity index (χ0) is 24.8. The Morgan fingerprint density at radius 1 is 1.17 bits per heavy atom. The average molecular weight is 484 g/mol. The van der Waals surface area contributed by atoms with Crippen LogP contribution in [0.4, 0.5) is 10.4 Å². The lowest BCUT2D eigenvalue weighted by atomic mass is 9.82. The fourth-order valence-corrected chi connectivity index (χ4v) is 5.04. The van der Waals surface area contributed by atoms with Gasteiger partial charge in [0.1, 0.15) is 11.9 Å². The van der Waals surface area contributed by atoms with Gasteiger partial charge in [-0.1, -0.05) is 23.8 Å². The van der Waals surface area contributed by atoms with Crippen molar-refractivity contribution in [2.75, 3.05) is 24.5 Å². The van der Waals surface area contributed by atoms with Crippen molar-refractivity contribution in [3.63, 3.8) is 0 Å². The number of benzene rings is 2. The van der Waals surface area contributed by atoms with Crippen LogP contribution in [0.1, 0.15) is 28.0 Å². The molecule has 4 aromatic rings. The molecule has 1 amide bonds. The van der Waals surface area contributed by atoms with Gasteiger partial charge in [-0.2, -0.15) is 25.2 Å². The monoisotopic (exact) mass is 483 g/mol. The van der Waals surface area contributed by atoms with Gasteiger partial charge in [-0.3, -0.25) is 4.79 Å². The molecular weight excluding hydrogens is 461 g/mol. The minimum Gasteiger partial charge on any atom is -0.422 e. The van der Waals surface area contributed by atoms with Crippen LogP contribution >= 0.6 is 0 Å². The summed E-state index contributed by atoms with van der Waals surface area (Å²) in [5.41, 5.74) is 2.73. The van der Waals surface area contributed by atoms with E-state index in [1.807, 2.05) is 41.0 Å². The number of rotatable bonds is 4. The molecule has 2 aliphatic rings. The number of piperidine rings is 1. The minimum absolute atomic E-state index is 0.0179. The number of amides is 1. The molecular formula is C26H22FN7O2. The Labute approximate surface area is 206 Å². The van der Waals surface area contributed by atoms with Crippen LogP contribution in [0.2, 0.25) is 0 Å². The molecule has 36 heavy (non-hydrogen) atoms. The van der Waals surface area contributed by atoms with Crippen LogP contribution in [-0.4, -0.2) is 56.5 Å². The molecule has 0 aliphatic carbocycles. The van der Waals surface area contributed by atoms with Crippen molar-refractivity contribution in [2.45, 2.75) is 19.4 Å². The predicted octanol–water partition coefficient (Wildman–Crippen LogP) is 3.59. The first kappa shape index (κ1) is 22.0. The summed E-state index contributed by atoms with van der Waals surface area (Å²) < 4.78 is 19.7. The highest BCUT2D eigenvalue weighted by molar-refractivity contribution is 5.98. The van der Waals surface area contributed by atoms with E-state index in [4.69, 9.17) is 4.42 Å². The number of hydrogen-bond acceptors (Lipinski definition) is 7. The number of fused-ring (bicyclic) bond motifs is 1. The van der Waals surface area contributed by atoms with E-state index in [0.29, 0.717) is 41.8 Å². The number of aromatic nitrogens is 4. The molecule has 0 N–H and O–H groups in total. The Morgan fingerprint density at radius 2 is 2.00 bits per heavy atom. The molecule has 180 valence electrons. The number of carbonyl (C=O) groups is 1. The lowest BCUT2D eigenvalue weighted by Gasteiger charge is -2.52. The third kappa shape index (κ3) is 3.69. The number of carbonyl (C=O) groups excluding carboxylic acids is 1. The van der Waals surface area contributed by atoms with Gasteiger partial charge < -0.3 is 14.2 Å². The van der Waals surface area contributed by atoms with Gasteiger partial charge in [-0.05, 0) is 37.6 Å². The van der Waals surface area contributed by atoms with Gasteiger partial charge in [-0.25, -0.2) is 4.39 Å². The van der Waals surface area contributed by atoms with Gasteiger partial charge in [0.15, 0.2) is 11.5 Å². The van der Waals surface area contributed by atoms with Gasteiger partial charge in [0.05, 0.1) is 29.7 Å². The van der Waals surface area contributed by atoms with E-state index in [-0.39, 0.29) is 23.4 Å². The first-order valence-corrected chi connectivity index (χ1v) is 11.7. The molecule has 0 spiro atoms. The van der Waals surface area contributed by atoms with E-state index in [1.165, 1.54) is 16.9 Å². The van der Waals surface area contributed by atoms with Crippen molar-refractivity contribution < 1.29 is 13.6 Å². The van der Waals surface area contributed by atoms with Crippen molar-refractivity contribution >= 4 is 11.9 Å². The van der Waals surface area contributed by atoms with Crippen LogP contribution in [0.5, 0.6) is 0 Å². The normalized spacial score (nSPS) is 18.9. The lowest BCUT2D eigenvalue weighted by molar-refractivity contribution is 0.0582. The fraction of sp³-hybridized carbons (Fsp3) is 0.269. The first-order chi connectivity index (χ1) is 17.5. The number of halogens is 1. The topological polar surface area (TPSA) is 104 Å². The molecule has 0 bridgehead atoms. The maximum Gasteiger partial charge on any atom is 0.299 e. The minimum atomic E-state index is -0.416. The highest BCUT2D eigenvalue weighted by Gasteiger charge is 2.46. The van der Waals surface area contributed by atoms with Crippen LogP contribution < -0.4 is 4.90 Å². The Hall–Kier alpha value is -4.52. The largest absolute Gasteiger partial charge is 0.422 e. The number of anilines is 1. The molecule has 2 aromatic heterocycles. The van der Waals surface area contributed by atoms with Gasteiger partial charge in [0.2, 0.25) is 0 Å². The van der Waals surface area contributed by atoms with Gasteiger partial charge >= 0.3 is 0 Å². The summed E-state index contributed by atoms with van der Waals surface area (Å²) in [7, 11) is 0. The summed E-state index contributed by atoms with van der Waals surface area (Å²) in [5, 5.41) is 18.0. The van der Waals surface area contributed by atoms with E-state index in [1.54, 1.807) is 24.5 Å². The highest BCUT2D eigenvalue weighted by Crippen LogP contribution is 2.39. The SMILES string of the molecule is Cc1ccc(-n2nccn2)c(C(=O)N2CCC3CN(c4nc(C#N)c(-c5cccc(F)c5)o4)[C@@H]3C2)c1. The van der Waals surface area contributed by atoms with Crippen LogP contribution in [0, 0.1) is 30.0 Å². The van der Waals surface area contributed by atoms with Crippen LogP contribution in [0.25, 0.3) is 17.0 Å². The maximum atomic E-state index is 13.8. The Balaban J connectivity index is 1.26. The smallest absolute Gasteiger partial charge is 0.299 e. The Kier molecular flexibility index (Phi) is 5.25. The second-order valence-electron chi connectivity index (χ2n) is 9.16. The van der Waals surface area contributed by atoms with Crippen molar-refractivity contribution in [1.82, 2.24) is 24.9 Å². The standard InChI is InChI=1S/C26H22FN7O2/c1-16-5-6-22(34-29-8-9-30-34)20(11-16)25(35)32-10-7-18-14-33(23(18)15-32)26-31-21(13-28)24(36-26)17-3-2-4-19(27)12-17/h2-6,8-9,11-12,18,23H,7,10,14-15H2,1H3/t18?,23-/m1/s1. The molecule has 1 unspecified atom stereocenters. The average Bonchev–Trinajstić information content (AvgIpc) is 3.55. The number of aryl methyl sites for hydroxylation is 1. The number of oxazole rings is 1. The van der Waals surface area contributed by atoms with Crippen LogP contribution in [-0.2, 0) is 0 Å². The van der Waals surface area contributed by atoms with E-state index in [2.05, 4.69) is 15.2 Å². The Bertz CT molecular complexity index is 1490. The summed E-state index contributed by atoms with van der Waals surface area (Å²) in [6, 6.07) is 13.9. The summed E-state index contributed by atoms with van der Waals surface area (Å²) in [5.74, 6) is 0.145. The zero-order valence-electron chi connectivity index (χ0n) is 19.5. The van der Waals surface area contributed by atoms with E-state index in [0.717, 1.165) is 18.5 Å². The molecule has 0 radical (unpaired) electrons. The van der Waals surface area contributed by atoms with E-state index >= 15 is 0 Å². The van der Waals surface area contributed by atoms with Gasteiger partial charge in [0, 0.05) is 31.1 Å². The molecule has 2 saturated heterocycles.